The number of hydrogen-bond acceptors (Lipinski definition) is 2. The summed E-state index contributed by atoms with van der Waals surface area (Å²) < 4.78 is 2.25. The molecule has 0 saturated heterocycles. The Labute approximate surface area is 105 Å². The molecule has 1 heterocycles. The van der Waals surface area contributed by atoms with E-state index in [0.717, 1.165) is 12.5 Å². The Balaban J connectivity index is 1.83. The fourth-order valence-corrected chi connectivity index (χ4v) is 2.65. The van der Waals surface area contributed by atoms with Gasteiger partial charge in [-0.05, 0) is 45.4 Å². The highest BCUT2D eigenvalue weighted by Crippen LogP contribution is 2.23. The molecule has 3 nitrogen and oxygen atoms in total. The number of nitrogens with zero attached hydrogens (tertiary/aromatic N) is 2. The molecule has 96 valence electrons. The molecular weight excluding hydrogens is 210 g/mol. The van der Waals surface area contributed by atoms with Gasteiger partial charge in [-0.25, -0.2) is 4.98 Å². The Bertz CT molecular complexity index is 335. The summed E-state index contributed by atoms with van der Waals surface area (Å²) in [5.41, 5.74) is 1.30. The van der Waals surface area contributed by atoms with Crippen molar-refractivity contribution in [1.82, 2.24) is 14.9 Å². The van der Waals surface area contributed by atoms with Crippen molar-refractivity contribution in [3.05, 3.63) is 18.2 Å². The smallest absolute Gasteiger partial charge is 0.0951 e. The van der Waals surface area contributed by atoms with Crippen molar-refractivity contribution in [2.45, 2.75) is 65.1 Å². The number of aromatic nitrogens is 2. The number of rotatable bonds is 4. The molecule has 2 rings (SSSR count). The highest BCUT2D eigenvalue weighted by molar-refractivity contribution is 4.99. The second-order valence-electron chi connectivity index (χ2n) is 5.72. The van der Waals surface area contributed by atoms with E-state index < -0.39 is 0 Å². The van der Waals surface area contributed by atoms with Crippen LogP contribution in [-0.2, 0) is 6.54 Å². The topological polar surface area (TPSA) is 29.9 Å². The molecule has 0 radical (unpaired) electrons. The molecule has 1 saturated carbocycles. The first-order valence-corrected chi connectivity index (χ1v) is 6.91. The van der Waals surface area contributed by atoms with Crippen molar-refractivity contribution in [3.63, 3.8) is 0 Å². The summed E-state index contributed by atoms with van der Waals surface area (Å²) in [7, 11) is 0. The molecule has 3 heteroatoms. The Kier molecular flexibility index (Phi) is 4.21. The molecule has 17 heavy (non-hydrogen) atoms. The fraction of sp³-hybridized carbons (Fsp3) is 0.786. The first-order valence-electron chi connectivity index (χ1n) is 6.91. The third kappa shape index (κ3) is 3.32. The van der Waals surface area contributed by atoms with Crippen molar-refractivity contribution in [2.75, 3.05) is 0 Å². The monoisotopic (exact) mass is 235 g/mol. The molecule has 1 N–H and O–H groups in total. The average Bonchev–Trinajstić information content (AvgIpc) is 2.76. The van der Waals surface area contributed by atoms with E-state index in [2.05, 4.69) is 35.6 Å². The molecule has 1 fully saturated rings. The van der Waals surface area contributed by atoms with Gasteiger partial charge in [0.1, 0.15) is 0 Å². The minimum Gasteiger partial charge on any atom is -0.331 e. The lowest BCUT2D eigenvalue weighted by Gasteiger charge is -2.27. The van der Waals surface area contributed by atoms with E-state index in [1.807, 2.05) is 12.5 Å². The van der Waals surface area contributed by atoms with Crippen LogP contribution in [0.5, 0.6) is 0 Å². The largest absolute Gasteiger partial charge is 0.331 e. The van der Waals surface area contributed by atoms with E-state index >= 15 is 0 Å². The number of hydrogen-bond donors (Lipinski definition) is 1. The SMILES string of the molecule is CC1CCC(NCc2cncn2C(C)C)CC1. The highest BCUT2D eigenvalue weighted by Gasteiger charge is 2.18. The van der Waals surface area contributed by atoms with Gasteiger partial charge in [-0.2, -0.15) is 0 Å². The molecule has 0 spiro atoms. The quantitative estimate of drug-likeness (QED) is 0.869. The van der Waals surface area contributed by atoms with Crippen molar-refractivity contribution >= 4 is 0 Å². The van der Waals surface area contributed by atoms with Crippen LogP contribution >= 0.6 is 0 Å². The van der Waals surface area contributed by atoms with Gasteiger partial charge in [0, 0.05) is 24.8 Å². The summed E-state index contributed by atoms with van der Waals surface area (Å²) in [6, 6.07) is 1.21. The summed E-state index contributed by atoms with van der Waals surface area (Å²) in [4.78, 5) is 4.24. The molecule has 1 aliphatic carbocycles. The summed E-state index contributed by atoms with van der Waals surface area (Å²) in [5.74, 6) is 0.925. The summed E-state index contributed by atoms with van der Waals surface area (Å²) >= 11 is 0. The van der Waals surface area contributed by atoms with Gasteiger partial charge in [0.25, 0.3) is 0 Å². The van der Waals surface area contributed by atoms with E-state index in [4.69, 9.17) is 0 Å². The van der Waals surface area contributed by atoms with Crippen LogP contribution in [0.4, 0.5) is 0 Å². The van der Waals surface area contributed by atoms with Crippen LogP contribution in [-0.4, -0.2) is 15.6 Å². The first-order chi connectivity index (χ1) is 8.16. The van der Waals surface area contributed by atoms with Crippen molar-refractivity contribution < 1.29 is 0 Å². The maximum Gasteiger partial charge on any atom is 0.0951 e. The molecule has 1 aliphatic rings. The summed E-state index contributed by atoms with van der Waals surface area (Å²) in [6.45, 7) is 7.72. The van der Waals surface area contributed by atoms with Gasteiger partial charge in [-0.3, -0.25) is 0 Å². The minimum atomic E-state index is 0.501. The van der Waals surface area contributed by atoms with Gasteiger partial charge in [0.15, 0.2) is 0 Å². The van der Waals surface area contributed by atoms with Crippen LogP contribution in [0.1, 0.15) is 58.2 Å². The minimum absolute atomic E-state index is 0.501. The van der Waals surface area contributed by atoms with E-state index in [9.17, 15) is 0 Å². The van der Waals surface area contributed by atoms with Gasteiger partial charge in [-0.15, -0.1) is 0 Å². The zero-order valence-electron chi connectivity index (χ0n) is 11.3. The lowest BCUT2D eigenvalue weighted by molar-refractivity contribution is 0.304. The van der Waals surface area contributed by atoms with Crippen molar-refractivity contribution in [1.29, 1.82) is 0 Å². The molecule has 1 aromatic heterocycles. The molecular formula is C14H25N3. The average molecular weight is 235 g/mol. The zero-order chi connectivity index (χ0) is 12.3. The zero-order valence-corrected chi connectivity index (χ0v) is 11.3. The Hall–Kier alpha value is -0.830. The molecule has 0 amide bonds. The molecule has 0 atom stereocenters. The molecule has 0 aromatic carbocycles. The van der Waals surface area contributed by atoms with Gasteiger partial charge in [-0.1, -0.05) is 6.92 Å². The second-order valence-corrected chi connectivity index (χ2v) is 5.72. The van der Waals surface area contributed by atoms with Crippen LogP contribution in [0.25, 0.3) is 0 Å². The van der Waals surface area contributed by atoms with Crippen LogP contribution in [0, 0.1) is 5.92 Å². The van der Waals surface area contributed by atoms with E-state index in [1.165, 1.54) is 31.4 Å². The molecule has 0 unspecified atom stereocenters. The highest BCUT2D eigenvalue weighted by atomic mass is 15.1. The normalized spacial score (nSPS) is 25.4. The maximum atomic E-state index is 4.24. The Morgan fingerprint density at radius 2 is 2.06 bits per heavy atom. The van der Waals surface area contributed by atoms with Crippen LogP contribution in [0.2, 0.25) is 0 Å². The third-order valence-electron chi connectivity index (χ3n) is 3.89. The second kappa shape index (κ2) is 5.67. The van der Waals surface area contributed by atoms with Crippen LogP contribution in [0.3, 0.4) is 0 Å². The van der Waals surface area contributed by atoms with Crippen molar-refractivity contribution in [3.8, 4) is 0 Å². The molecule has 1 aromatic rings. The Morgan fingerprint density at radius 1 is 1.35 bits per heavy atom. The number of imidazole rings is 1. The lowest BCUT2D eigenvalue weighted by Crippen LogP contribution is -2.32. The van der Waals surface area contributed by atoms with E-state index in [0.29, 0.717) is 12.1 Å². The predicted octanol–water partition coefficient (Wildman–Crippen LogP) is 3.13. The number of nitrogens with one attached hydrogen (secondary N) is 1. The Morgan fingerprint density at radius 3 is 2.71 bits per heavy atom. The van der Waals surface area contributed by atoms with Crippen molar-refractivity contribution in [2.24, 2.45) is 5.92 Å². The van der Waals surface area contributed by atoms with Gasteiger partial charge < -0.3 is 9.88 Å². The van der Waals surface area contributed by atoms with E-state index in [-0.39, 0.29) is 0 Å². The van der Waals surface area contributed by atoms with E-state index in [1.54, 1.807) is 0 Å². The van der Waals surface area contributed by atoms with Gasteiger partial charge in [0.2, 0.25) is 0 Å². The molecule has 0 aliphatic heterocycles. The standard InChI is InChI=1S/C14H25N3/c1-11(2)17-10-15-8-14(17)9-16-13-6-4-12(3)5-7-13/h8,10-13,16H,4-7,9H2,1-3H3. The summed E-state index contributed by atoms with van der Waals surface area (Å²) in [6.07, 6.45) is 9.33. The first kappa shape index (κ1) is 12.6. The summed E-state index contributed by atoms with van der Waals surface area (Å²) in [5, 5.41) is 3.68. The third-order valence-corrected chi connectivity index (χ3v) is 3.89. The molecule has 0 bridgehead atoms. The van der Waals surface area contributed by atoms with Crippen LogP contribution in [0.15, 0.2) is 12.5 Å². The lowest BCUT2D eigenvalue weighted by atomic mass is 9.87. The van der Waals surface area contributed by atoms with Gasteiger partial charge in [0.05, 0.1) is 12.0 Å². The van der Waals surface area contributed by atoms with Crippen LogP contribution < -0.4 is 5.32 Å². The fourth-order valence-electron chi connectivity index (χ4n) is 2.65. The predicted molar refractivity (Wildman–Crippen MR) is 70.9 cm³/mol. The maximum absolute atomic E-state index is 4.24. The van der Waals surface area contributed by atoms with Gasteiger partial charge >= 0.3 is 0 Å².